The smallest absolute Gasteiger partial charge is 0.317 e. The van der Waals surface area contributed by atoms with Gasteiger partial charge in [-0.1, -0.05) is 32.0 Å². The number of benzene rings is 1. The molecule has 3 nitrogen and oxygen atoms in total. The highest BCUT2D eigenvalue weighted by Crippen LogP contribution is 2.23. The third-order valence-electron chi connectivity index (χ3n) is 3.35. The van der Waals surface area contributed by atoms with Gasteiger partial charge >= 0.3 is 5.97 Å². The molecule has 0 radical (unpaired) electrons. The molecule has 0 bridgehead atoms. The molecule has 1 N–H and O–H groups in total. The zero-order valence-corrected chi connectivity index (χ0v) is 10.4. The average molecular weight is 233 g/mol. The molecule has 1 aliphatic rings. The first-order chi connectivity index (χ1) is 8.06. The van der Waals surface area contributed by atoms with Crippen LogP contribution in [0.1, 0.15) is 36.5 Å². The van der Waals surface area contributed by atoms with Crippen LogP contribution in [0, 0.1) is 0 Å². The summed E-state index contributed by atoms with van der Waals surface area (Å²) in [6.07, 6.45) is 0.961. The van der Waals surface area contributed by atoms with E-state index in [2.05, 4.69) is 32.0 Å². The summed E-state index contributed by atoms with van der Waals surface area (Å²) in [5.41, 5.74) is 4.04. The third-order valence-corrected chi connectivity index (χ3v) is 3.35. The highest BCUT2D eigenvalue weighted by molar-refractivity contribution is 5.69. The van der Waals surface area contributed by atoms with Gasteiger partial charge in [-0.25, -0.2) is 0 Å². The summed E-state index contributed by atoms with van der Waals surface area (Å²) in [4.78, 5) is 12.7. The topological polar surface area (TPSA) is 40.5 Å². The van der Waals surface area contributed by atoms with Crippen LogP contribution in [0.5, 0.6) is 0 Å². The van der Waals surface area contributed by atoms with E-state index in [1.54, 1.807) is 0 Å². The minimum absolute atomic E-state index is 0.144. The number of hydrogen-bond acceptors (Lipinski definition) is 2. The second kappa shape index (κ2) is 4.88. The van der Waals surface area contributed by atoms with Crippen molar-refractivity contribution in [2.24, 2.45) is 0 Å². The van der Waals surface area contributed by atoms with E-state index in [-0.39, 0.29) is 6.54 Å². The summed E-state index contributed by atoms with van der Waals surface area (Å²) in [7, 11) is 0. The fourth-order valence-electron chi connectivity index (χ4n) is 2.32. The summed E-state index contributed by atoms with van der Waals surface area (Å²) in [6, 6.07) is 6.59. The van der Waals surface area contributed by atoms with Crippen molar-refractivity contribution in [3.8, 4) is 0 Å². The second-order valence-electron chi connectivity index (χ2n) is 5.04. The SMILES string of the molecule is CC(C)c1ccc2c(c1)CCN(CC(=O)O)C2. The van der Waals surface area contributed by atoms with Crippen LogP contribution in [0.25, 0.3) is 0 Å². The zero-order chi connectivity index (χ0) is 12.4. The monoisotopic (exact) mass is 233 g/mol. The minimum atomic E-state index is -0.743. The lowest BCUT2D eigenvalue weighted by atomic mass is 9.93. The number of carbonyl (C=O) groups is 1. The van der Waals surface area contributed by atoms with Gasteiger partial charge in [0, 0.05) is 13.1 Å². The Morgan fingerprint density at radius 2 is 2.18 bits per heavy atom. The number of aliphatic carboxylic acids is 1. The van der Waals surface area contributed by atoms with E-state index in [4.69, 9.17) is 5.11 Å². The van der Waals surface area contributed by atoms with Gasteiger partial charge in [-0.2, -0.15) is 0 Å². The van der Waals surface area contributed by atoms with E-state index in [9.17, 15) is 4.79 Å². The van der Waals surface area contributed by atoms with E-state index in [0.29, 0.717) is 5.92 Å². The van der Waals surface area contributed by atoms with Crippen molar-refractivity contribution in [2.45, 2.75) is 32.7 Å². The minimum Gasteiger partial charge on any atom is -0.480 e. The van der Waals surface area contributed by atoms with E-state index in [1.165, 1.54) is 16.7 Å². The van der Waals surface area contributed by atoms with Crippen molar-refractivity contribution in [1.29, 1.82) is 0 Å². The van der Waals surface area contributed by atoms with Crippen LogP contribution in [0.2, 0.25) is 0 Å². The zero-order valence-electron chi connectivity index (χ0n) is 10.4. The van der Waals surface area contributed by atoms with Crippen LogP contribution in [-0.2, 0) is 17.8 Å². The number of hydrogen-bond donors (Lipinski definition) is 1. The Morgan fingerprint density at radius 1 is 1.41 bits per heavy atom. The normalized spacial score (nSPS) is 15.9. The number of carboxylic acids is 1. The summed E-state index contributed by atoms with van der Waals surface area (Å²) >= 11 is 0. The van der Waals surface area contributed by atoms with Gasteiger partial charge in [-0.05, 0) is 29.0 Å². The first-order valence-electron chi connectivity index (χ1n) is 6.12. The van der Waals surface area contributed by atoms with Gasteiger partial charge in [0.1, 0.15) is 0 Å². The van der Waals surface area contributed by atoms with Crippen molar-refractivity contribution in [2.75, 3.05) is 13.1 Å². The van der Waals surface area contributed by atoms with Crippen LogP contribution in [0.4, 0.5) is 0 Å². The van der Waals surface area contributed by atoms with Gasteiger partial charge < -0.3 is 5.11 Å². The van der Waals surface area contributed by atoms with Gasteiger partial charge in [0.15, 0.2) is 0 Å². The average Bonchev–Trinajstić information content (AvgIpc) is 2.27. The molecule has 0 saturated carbocycles. The van der Waals surface area contributed by atoms with E-state index in [1.807, 2.05) is 4.90 Å². The van der Waals surface area contributed by atoms with Crippen molar-refractivity contribution in [3.05, 3.63) is 34.9 Å². The first kappa shape index (κ1) is 12.1. The molecule has 17 heavy (non-hydrogen) atoms. The van der Waals surface area contributed by atoms with Crippen LogP contribution in [-0.4, -0.2) is 29.1 Å². The third kappa shape index (κ3) is 2.86. The van der Waals surface area contributed by atoms with Crippen molar-refractivity contribution in [1.82, 2.24) is 4.90 Å². The summed E-state index contributed by atoms with van der Waals surface area (Å²) in [5, 5.41) is 8.79. The molecule has 0 amide bonds. The maximum absolute atomic E-state index is 10.7. The molecule has 3 heteroatoms. The maximum atomic E-state index is 10.7. The highest BCUT2D eigenvalue weighted by Gasteiger charge is 2.18. The molecule has 1 aliphatic heterocycles. The van der Waals surface area contributed by atoms with Crippen molar-refractivity contribution in [3.63, 3.8) is 0 Å². The molecule has 92 valence electrons. The summed E-state index contributed by atoms with van der Waals surface area (Å²) in [6.45, 7) is 6.15. The Labute approximate surface area is 102 Å². The number of fused-ring (bicyclic) bond motifs is 1. The Bertz CT molecular complexity index is 426. The first-order valence-corrected chi connectivity index (χ1v) is 6.12. The molecule has 0 aromatic heterocycles. The number of carboxylic acid groups (broad SMARTS) is 1. The maximum Gasteiger partial charge on any atom is 0.317 e. The van der Waals surface area contributed by atoms with Crippen LogP contribution in [0.15, 0.2) is 18.2 Å². The van der Waals surface area contributed by atoms with E-state index >= 15 is 0 Å². The molecule has 0 aliphatic carbocycles. The Morgan fingerprint density at radius 3 is 2.82 bits per heavy atom. The van der Waals surface area contributed by atoms with Crippen LogP contribution < -0.4 is 0 Å². The van der Waals surface area contributed by atoms with Crippen molar-refractivity contribution < 1.29 is 9.90 Å². The van der Waals surface area contributed by atoms with Gasteiger partial charge in [0.25, 0.3) is 0 Å². The lowest BCUT2D eigenvalue weighted by molar-refractivity contribution is -0.138. The predicted octanol–water partition coefficient (Wildman–Crippen LogP) is 2.25. The second-order valence-corrected chi connectivity index (χ2v) is 5.04. The molecule has 0 atom stereocenters. The van der Waals surface area contributed by atoms with Gasteiger partial charge in [0.2, 0.25) is 0 Å². The lowest BCUT2D eigenvalue weighted by Gasteiger charge is -2.27. The molecule has 2 rings (SSSR count). The van der Waals surface area contributed by atoms with Gasteiger partial charge in [-0.15, -0.1) is 0 Å². The fourth-order valence-corrected chi connectivity index (χ4v) is 2.32. The molecule has 1 heterocycles. The van der Waals surface area contributed by atoms with E-state index < -0.39 is 5.97 Å². The molecule has 1 aromatic rings. The summed E-state index contributed by atoms with van der Waals surface area (Å²) < 4.78 is 0. The quantitative estimate of drug-likeness (QED) is 0.870. The molecule has 0 saturated heterocycles. The molecule has 1 aromatic carbocycles. The summed E-state index contributed by atoms with van der Waals surface area (Å²) in [5.74, 6) is -0.190. The molecule has 0 unspecified atom stereocenters. The van der Waals surface area contributed by atoms with E-state index in [0.717, 1.165) is 19.5 Å². The Balaban J connectivity index is 2.14. The predicted molar refractivity (Wildman–Crippen MR) is 67.1 cm³/mol. The number of nitrogens with zero attached hydrogens (tertiary/aromatic N) is 1. The molecule has 0 spiro atoms. The largest absolute Gasteiger partial charge is 0.480 e. The standard InChI is InChI=1S/C14H19NO2/c1-10(2)11-3-4-13-8-15(9-14(16)17)6-5-12(13)7-11/h3-4,7,10H,5-6,8-9H2,1-2H3,(H,16,17). The van der Waals surface area contributed by atoms with Gasteiger partial charge in [0.05, 0.1) is 6.54 Å². The highest BCUT2D eigenvalue weighted by atomic mass is 16.4. The van der Waals surface area contributed by atoms with Gasteiger partial charge in [-0.3, -0.25) is 9.69 Å². The fraction of sp³-hybridized carbons (Fsp3) is 0.500. The molecular formula is C14H19NO2. The van der Waals surface area contributed by atoms with Crippen molar-refractivity contribution >= 4 is 5.97 Å². The Kier molecular flexibility index (Phi) is 3.48. The molecular weight excluding hydrogens is 214 g/mol. The van der Waals surface area contributed by atoms with Crippen LogP contribution >= 0.6 is 0 Å². The number of rotatable bonds is 3. The Hall–Kier alpha value is -1.35. The van der Waals surface area contributed by atoms with Crippen LogP contribution in [0.3, 0.4) is 0 Å². The lowest BCUT2D eigenvalue weighted by Crippen LogP contribution is -2.34. The molecule has 0 fully saturated rings.